The Morgan fingerprint density at radius 2 is 2.38 bits per heavy atom. The van der Waals surface area contributed by atoms with Crippen molar-refractivity contribution in [2.45, 2.75) is 6.92 Å². The predicted molar refractivity (Wildman–Crippen MR) is 63.2 cm³/mol. The fraction of sp³-hybridized carbons (Fsp3) is 0.364. The van der Waals surface area contributed by atoms with Gasteiger partial charge in [0.2, 0.25) is 0 Å². The quantitative estimate of drug-likeness (QED) is 0.680. The Kier molecular flexibility index (Phi) is 2.96. The molecule has 0 amide bonds. The Labute approximate surface area is 93.3 Å². The van der Waals surface area contributed by atoms with E-state index < -0.39 is 0 Å². The number of oxazole rings is 1. The summed E-state index contributed by atoms with van der Waals surface area (Å²) in [4.78, 5) is 4.25. The molecule has 1 aromatic heterocycles. The smallest absolute Gasteiger partial charge is 0.295 e. The largest absolute Gasteiger partial charge is 0.423 e. The summed E-state index contributed by atoms with van der Waals surface area (Å²) in [6.07, 6.45) is 0. The van der Waals surface area contributed by atoms with Gasteiger partial charge in [0.15, 0.2) is 5.58 Å². The number of benzene rings is 1. The number of hydrogen-bond donors (Lipinski definition) is 3. The lowest BCUT2D eigenvalue weighted by molar-refractivity contribution is 0.243. The van der Waals surface area contributed by atoms with Crippen LogP contribution in [-0.4, -0.2) is 23.2 Å². The van der Waals surface area contributed by atoms with E-state index >= 15 is 0 Å². The molecule has 0 fully saturated rings. The van der Waals surface area contributed by atoms with Crippen LogP contribution in [0.3, 0.4) is 0 Å². The van der Waals surface area contributed by atoms with Gasteiger partial charge in [-0.05, 0) is 18.1 Å². The Balaban J connectivity index is 2.13. The molecule has 0 bridgehead atoms. The molecular formula is C11H15N3O2. The minimum absolute atomic E-state index is 0.139. The van der Waals surface area contributed by atoms with Crippen molar-refractivity contribution in [3.63, 3.8) is 0 Å². The first kappa shape index (κ1) is 10.8. The number of anilines is 2. The molecule has 0 aliphatic carbocycles. The standard InChI is InChI=1S/C11H15N3O2/c1-7(6-15)5-13-11-14-9-3-2-8(12)4-10(9)16-11/h2-4,7,15H,5-6,12H2,1H3,(H,13,14). The minimum atomic E-state index is 0.139. The number of nitrogen functional groups attached to an aromatic ring is 1. The summed E-state index contributed by atoms with van der Waals surface area (Å²) < 4.78 is 5.46. The number of aliphatic hydroxyl groups is 1. The predicted octanol–water partition coefficient (Wildman–Crippen LogP) is 1.45. The number of aliphatic hydroxyl groups excluding tert-OH is 1. The zero-order valence-corrected chi connectivity index (χ0v) is 9.10. The summed E-state index contributed by atoms with van der Waals surface area (Å²) in [6, 6.07) is 5.80. The van der Waals surface area contributed by atoms with Gasteiger partial charge in [-0.2, -0.15) is 4.98 Å². The maximum absolute atomic E-state index is 8.88. The van der Waals surface area contributed by atoms with Crippen LogP contribution in [0.5, 0.6) is 0 Å². The highest BCUT2D eigenvalue weighted by Gasteiger charge is 2.06. The van der Waals surface area contributed by atoms with Gasteiger partial charge in [0.05, 0.1) is 0 Å². The van der Waals surface area contributed by atoms with Gasteiger partial charge >= 0.3 is 0 Å². The maximum atomic E-state index is 8.88. The Hall–Kier alpha value is -1.75. The molecule has 86 valence electrons. The molecule has 16 heavy (non-hydrogen) atoms. The van der Waals surface area contributed by atoms with Gasteiger partial charge < -0.3 is 20.6 Å². The van der Waals surface area contributed by atoms with Crippen molar-refractivity contribution in [2.75, 3.05) is 24.2 Å². The number of nitrogens with one attached hydrogen (secondary N) is 1. The fourth-order valence-corrected chi connectivity index (χ4v) is 1.34. The number of hydrogen-bond acceptors (Lipinski definition) is 5. The van der Waals surface area contributed by atoms with Crippen molar-refractivity contribution in [3.8, 4) is 0 Å². The van der Waals surface area contributed by atoms with E-state index in [4.69, 9.17) is 15.3 Å². The SMILES string of the molecule is CC(CO)CNc1nc2ccc(N)cc2o1. The first-order valence-corrected chi connectivity index (χ1v) is 5.20. The summed E-state index contributed by atoms with van der Waals surface area (Å²) in [6.45, 7) is 2.70. The van der Waals surface area contributed by atoms with Crippen molar-refractivity contribution in [1.29, 1.82) is 0 Å². The van der Waals surface area contributed by atoms with Crippen LogP contribution in [0.1, 0.15) is 6.92 Å². The highest BCUT2D eigenvalue weighted by Crippen LogP contribution is 2.21. The molecule has 4 N–H and O–H groups in total. The second-order valence-electron chi connectivity index (χ2n) is 3.91. The van der Waals surface area contributed by atoms with E-state index in [1.807, 2.05) is 13.0 Å². The number of nitrogens with zero attached hydrogens (tertiary/aromatic N) is 1. The minimum Gasteiger partial charge on any atom is -0.423 e. The van der Waals surface area contributed by atoms with E-state index in [1.165, 1.54) is 0 Å². The Morgan fingerprint density at radius 1 is 1.56 bits per heavy atom. The first-order chi connectivity index (χ1) is 7.69. The molecular weight excluding hydrogens is 206 g/mol. The lowest BCUT2D eigenvalue weighted by atomic mass is 10.2. The topological polar surface area (TPSA) is 84.3 Å². The van der Waals surface area contributed by atoms with Crippen LogP contribution in [0.2, 0.25) is 0 Å². The second-order valence-corrected chi connectivity index (χ2v) is 3.91. The van der Waals surface area contributed by atoms with E-state index in [0.29, 0.717) is 23.8 Å². The van der Waals surface area contributed by atoms with Gasteiger partial charge in [0.25, 0.3) is 6.01 Å². The Morgan fingerprint density at radius 3 is 3.12 bits per heavy atom. The Bertz CT molecular complexity index is 481. The molecule has 2 aromatic rings. The van der Waals surface area contributed by atoms with E-state index in [-0.39, 0.29) is 12.5 Å². The van der Waals surface area contributed by atoms with Crippen molar-refractivity contribution in [3.05, 3.63) is 18.2 Å². The zero-order chi connectivity index (χ0) is 11.5. The molecule has 0 aliphatic rings. The number of fused-ring (bicyclic) bond motifs is 1. The zero-order valence-electron chi connectivity index (χ0n) is 9.10. The molecule has 0 saturated heterocycles. The van der Waals surface area contributed by atoms with Gasteiger partial charge in [0, 0.05) is 24.9 Å². The van der Waals surface area contributed by atoms with E-state index in [9.17, 15) is 0 Å². The van der Waals surface area contributed by atoms with Crippen molar-refractivity contribution in [1.82, 2.24) is 4.98 Å². The molecule has 0 saturated carbocycles. The summed E-state index contributed by atoms with van der Waals surface area (Å²) >= 11 is 0. The van der Waals surface area contributed by atoms with Crippen LogP contribution in [0.25, 0.3) is 11.1 Å². The summed E-state index contributed by atoms with van der Waals surface area (Å²) in [5.41, 5.74) is 7.72. The van der Waals surface area contributed by atoms with Gasteiger partial charge in [-0.25, -0.2) is 0 Å². The number of rotatable bonds is 4. The maximum Gasteiger partial charge on any atom is 0.295 e. The average molecular weight is 221 g/mol. The molecule has 2 rings (SSSR count). The molecule has 1 atom stereocenters. The third-order valence-corrected chi connectivity index (χ3v) is 2.33. The van der Waals surface area contributed by atoms with Crippen LogP contribution in [0.4, 0.5) is 11.7 Å². The average Bonchev–Trinajstić information content (AvgIpc) is 2.67. The van der Waals surface area contributed by atoms with Gasteiger partial charge in [-0.1, -0.05) is 6.92 Å². The first-order valence-electron chi connectivity index (χ1n) is 5.20. The van der Waals surface area contributed by atoms with Crippen molar-refractivity contribution >= 4 is 22.8 Å². The summed E-state index contributed by atoms with van der Waals surface area (Å²) in [7, 11) is 0. The normalized spacial score (nSPS) is 12.9. The fourth-order valence-electron chi connectivity index (χ4n) is 1.34. The molecule has 0 aliphatic heterocycles. The summed E-state index contributed by atoms with van der Waals surface area (Å²) in [5, 5.41) is 11.9. The highest BCUT2D eigenvalue weighted by molar-refractivity contribution is 5.78. The van der Waals surface area contributed by atoms with Crippen molar-refractivity contribution in [2.24, 2.45) is 5.92 Å². The molecule has 0 radical (unpaired) electrons. The third-order valence-electron chi connectivity index (χ3n) is 2.33. The van der Waals surface area contributed by atoms with Gasteiger partial charge in [-0.3, -0.25) is 0 Å². The second kappa shape index (κ2) is 4.40. The van der Waals surface area contributed by atoms with Crippen molar-refractivity contribution < 1.29 is 9.52 Å². The van der Waals surface area contributed by atoms with E-state index in [1.54, 1.807) is 12.1 Å². The van der Waals surface area contributed by atoms with Gasteiger partial charge in [-0.15, -0.1) is 0 Å². The monoisotopic (exact) mass is 221 g/mol. The third kappa shape index (κ3) is 2.25. The van der Waals surface area contributed by atoms with Crippen LogP contribution in [0.15, 0.2) is 22.6 Å². The van der Waals surface area contributed by atoms with E-state index in [2.05, 4.69) is 10.3 Å². The van der Waals surface area contributed by atoms with E-state index in [0.717, 1.165) is 5.52 Å². The highest BCUT2D eigenvalue weighted by atomic mass is 16.4. The lowest BCUT2D eigenvalue weighted by Crippen LogP contribution is -2.14. The molecule has 5 nitrogen and oxygen atoms in total. The molecule has 0 spiro atoms. The summed E-state index contributed by atoms with van der Waals surface area (Å²) in [5.74, 6) is 0.167. The van der Waals surface area contributed by atoms with Gasteiger partial charge in [0.1, 0.15) is 5.52 Å². The van der Waals surface area contributed by atoms with Crippen LogP contribution in [0, 0.1) is 5.92 Å². The van der Waals surface area contributed by atoms with Crippen LogP contribution < -0.4 is 11.1 Å². The molecule has 5 heteroatoms. The number of aromatic nitrogens is 1. The lowest BCUT2D eigenvalue weighted by Gasteiger charge is -2.06. The molecule has 1 unspecified atom stereocenters. The molecule has 1 heterocycles. The van der Waals surface area contributed by atoms with Crippen LogP contribution >= 0.6 is 0 Å². The number of nitrogens with two attached hydrogens (primary N) is 1. The molecule has 1 aromatic carbocycles. The van der Waals surface area contributed by atoms with Crippen LogP contribution in [-0.2, 0) is 0 Å².